The Balaban J connectivity index is 1.64. The molecule has 2 aromatic carbocycles. The van der Waals surface area contributed by atoms with Crippen LogP contribution in [0.1, 0.15) is 37.1 Å². The molecule has 4 aromatic rings. The van der Waals surface area contributed by atoms with Crippen molar-refractivity contribution >= 4 is 27.3 Å². The molecule has 0 radical (unpaired) electrons. The van der Waals surface area contributed by atoms with Gasteiger partial charge in [-0.3, -0.25) is 14.9 Å². The van der Waals surface area contributed by atoms with Gasteiger partial charge in [0.05, 0.1) is 15.8 Å². The second-order valence-corrected chi connectivity index (χ2v) is 8.21. The van der Waals surface area contributed by atoms with Gasteiger partial charge in [-0.05, 0) is 49.6 Å². The molecule has 0 bridgehead atoms. The minimum Gasteiger partial charge on any atom is -0.508 e. The van der Waals surface area contributed by atoms with Crippen LogP contribution in [-0.2, 0) is 12.8 Å². The van der Waals surface area contributed by atoms with Crippen LogP contribution in [0.2, 0.25) is 0 Å². The van der Waals surface area contributed by atoms with Gasteiger partial charge < -0.3 is 5.11 Å². The number of benzene rings is 2. The Morgan fingerprint density at radius 2 is 1.93 bits per heavy atom. The maximum Gasteiger partial charge on any atom is 0.282 e. The molecule has 0 amide bonds. The lowest BCUT2D eigenvalue weighted by atomic mass is 10.1. The number of rotatable bonds is 7. The normalized spacial score (nSPS) is 12.0. The van der Waals surface area contributed by atoms with Gasteiger partial charge in [0.1, 0.15) is 5.75 Å². The van der Waals surface area contributed by atoms with E-state index in [1.54, 1.807) is 16.8 Å². The van der Waals surface area contributed by atoms with Crippen molar-refractivity contribution in [2.45, 2.75) is 33.1 Å². The third-order valence-corrected chi connectivity index (χ3v) is 6.01. The number of fused-ring (bicyclic) bond motifs is 1. The van der Waals surface area contributed by atoms with E-state index in [9.17, 15) is 9.90 Å². The Kier molecular flexibility index (Phi) is 5.81. The highest BCUT2D eigenvalue weighted by Crippen LogP contribution is 2.24. The lowest BCUT2D eigenvalue weighted by molar-refractivity contribution is 0.475. The van der Waals surface area contributed by atoms with Crippen LogP contribution in [-0.4, -0.2) is 32.1 Å². The van der Waals surface area contributed by atoms with E-state index < -0.39 is 0 Å². The zero-order chi connectivity index (χ0) is 21.1. The van der Waals surface area contributed by atoms with Gasteiger partial charge >= 0.3 is 0 Å². The number of aromatic nitrogens is 3. The topological polar surface area (TPSA) is 83.3 Å². The molecule has 0 saturated carbocycles. The predicted octanol–water partition coefficient (Wildman–Crippen LogP) is 4.49. The van der Waals surface area contributed by atoms with Gasteiger partial charge in [0, 0.05) is 18.0 Å². The number of hydrogen-bond acceptors (Lipinski definition) is 5. The van der Waals surface area contributed by atoms with Gasteiger partial charge in [0.25, 0.3) is 5.56 Å². The van der Waals surface area contributed by atoms with Crippen LogP contribution < -0.4 is 5.56 Å². The summed E-state index contributed by atoms with van der Waals surface area (Å²) in [6, 6.07) is 15.0. The molecule has 30 heavy (non-hydrogen) atoms. The smallest absolute Gasteiger partial charge is 0.282 e. The third-order valence-electron chi connectivity index (χ3n) is 4.99. The highest BCUT2D eigenvalue weighted by atomic mass is 32.1. The van der Waals surface area contributed by atoms with Crippen molar-refractivity contribution in [3.8, 4) is 10.9 Å². The van der Waals surface area contributed by atoms with E-state index >= 15 is 0 Å². The molecule has 0 atom stereocenters. The Morgan fingerprint density at radius 1 is 1.17 bits per heavy atom. The molecule has 2 N–H and O–H groups in total. The van der Waals surface area contributed by atoms with Crippen molar-refractivity contribution in [1.29, 1.82) is 0 Å². The van der Waals surface area contributed by atoms with E-state index in [-0.39, 0.29) is 11.3 Å². The average molecular weight is 421 g/mol. The number of aliphatic imine (C=N–C) groups is 1. The van der Waals surface area contributed by atoms with Gasteiger partial charge in [0.2, 0.25) is 5.13 Å². The highest BCUT2D eigenvalue weighted by Gasteiger charge is 2.19. The summed E-state index contributed by atoms with van der Waals surface area (Å²) in [7, 11) is 0. The molecule has 2 aromatic heterocycles. The van der Waals surface area contributed by atoms with E-state index in [0.29, 0.717) is 17.2 Å². The van der Waals surface area contributed by atoms with Crippen molar-refractivity contribution in [2.24, 2.45) is 4.99 Å². The summed E-state index contributed by atoms with van der Waals surface area (Å²) in [6.07, 6.45) is 2.44. The number of H-pyrrole nitrogens is 1. The fraction of sp³-hybridized carbons (Fsp3) is 0.261. The Labute approximate surface area is 178 Å². The quantitative estimate of drug-likeness (QED) is 0.432. The fourth-order valence-corrected chi connectivity index (χ4v) is 4.40. The first-order valence-corrected chi connectivity index (χ1v) is 10.9. The van der Waals surface area contributed by atoms with E-state index in [1.165, 1.54) is 11.3 Å². The van der Waals surface area contributed by atoms with Crippen LogP contribution in [0.4, 0.5) is 0 Å². The molecule has 154 valence electrons. The van der Waals surface area contributed by atoms with Gasteiger partial charge in [-0.25, -0.2) is 4.98 Å². The summed E-state index contributed by atoms with van der Waals surface area (Å²) >= 11 is 1.49. The van der Waals surface area contributed by atoms with Crippen molar-refractivity contribution in [1.82, 2.24) is 14.8 Å². The first-order chi connectivity index (χ1) is 14.6. The SMILES string of the molecule is CCCc1[nH]n(-c2nc3ccccc3s2)c(=O)c1C(C)=NCCc1ccc(O)cc1. The molecule has 0 fully saturated rings. The minimum atomic E-state index is -0.108. The number of phenols is 1. The molecule has 4 rings (SSSR count). The lowest BCUT2D eigenvalue weighted by Crippen LogP contribution is -2.20. The van der Waals surface area contributed by atoms with Crippen LogP contribution in [0.25, 0.3) is 15.3 Å². The molecule has 0 aliphatic carbocycles. The van der Waals surface area contributed by atoms with Crippen molar-refractivity contribution in [2.75, 3.05) is 6.54 Å². The second kappa shape index (κ2) is 8.67. The number of phenolic OH excluding ortho intramolecular Hbond substituents is 1. The summed E-state index contributed by atoms with van der Waals surface area (Å²) in [5.74, 6) is 0.255. The van der Waals surface area contributed by atoms with Crippen LogP contribution in [0.15, 0.2) is 58.3 Å². The summed E-state index contributed by atoms with van der Waals surface area (Å²) < 4.78 is 2.59. The average Bonchev–Trinajstić information content (AvgIpc) is 3.30. The van der Waals surface area contributed by atoms with E-state index in [1.807, 2.05) is 43.3 Å². The summed E-state index contributed by atoms with van der Waals surface area (Å²) in [5, 5.41) is 13.3. The summed E-state index contributed by atoms with van der Waals surface area (Å²) in [5.41, 5.74) is 4.15. The van der Waals surface area contributed by atoms with Crippen LogP contribution in [0.3, 0.4) is 0 Å². The second-order valence-electron chi connectivity index (χ2n) is 7.20. The Morgan fingerprint density at radius 3 is 2.67 bits per heavy atom. The minimum absolute atomic E-state index is 0.108. The number of thiazole rings is 1. The van der Waals surface area contributed by atoms with Gasteiger partial charge in [-0.1, -0.05) is 48.9 Å². The maximum atomic E-state index is 13.2. The van der Waals surface area contributed by atoms with Gasteiger partial charge in [-0.2, -0.15) is 4.68 Å². The standard InChI is InChI=1S/C23H24N4O2S/c1-3-6-19-21(15(2)24-14-13-16-9-11-17(28)12-10-16)22(29)27(26-19)23-25-18-7-4-5-8-20(18)30-23/h4-5,7-12,26,28H,3,6,13-14H2,1-2H3. The zero-order valence-electron chi connectivity index (χ0n) is 17.1. The third kappa shape index (κ3) is 4.07. The van der Waals surface area contributed by atoms with E-state index in [0.717, 1.165) is 46.4 Å². The van der Waals surface area contributed by atoms with E-state index in [2.05, 4.69) is 22.0 Å². The van der Waals surface area contributed by atoms with Crippen LogP contribution in [0, 0.1) is 0 Å². The molecule has 2 heterocycles. The maximum absolute atomic E-state index is 13.2. The predicted molar refractivity (Wildman–Crippen MR) is 122 cm³/mol. The first kappa shape index (κ1) is 20.1. The first-order valence-electron chi connectivity index (χ1n) is 10.1. The number of para-hydroxylation sites is 1. The van der Waals surface area contributed by atoms with Crippen molar-refractivity contribution < 1.29 is 5.11 Å². The number of nitrogens with zero attached hydrogens (tertiary/aromatic N) is 3. The fourth-order valence-electron chi connectivity index (χ4n) is 3.47. The van der Waals surface area contributed by atoms with Gasteiger partial charge in [-0.15, -0.1) is 0 Å². The van der Waals surface area contributed by atoms with Gasteiger partial charge in [0.15, 0.2) is 0 Å². The Hall–Kier alpha value is -3.19. The number of aromatic hydroxyl groups is 1. The molecule has 0 unspecified atom stereocenters. The van der Waals surface area contributed by atoms with Crippen LogP contribution >= 0.6 is 11.3 Å². The summed E-state index contributed by atoms with van der Waals surface area (Å²) in [6.45, 7) is 4.56. The molecule has 0 aliphatic rings. The van der Waals surface area contributed by atoms with Crippen molar-refractivity contribution in [3.63, 3.8) is 0 Å². The van der Waals surface area contributed by atoms with Crippen molar-refractivity contribution in [3.05, 3.63) is 75.7 Å². The number of aromatic amines is 1. The number of nitrogens with one attached hydrogen (secondary N) is 1. The molecule has 0 saturated heterocycles. The largest absolute Gasteiger partial charge is 0.508 e. The molecule has 0 spiro atoms. The lowest BCUT2D eigenvalue weighted by Gasteiger charge is -2.02. The monoisotopic (exact) mass is 420 g/mol. The zero-order valence-corrected chi connectivity index (χ0v) is 17.9. The Bertz CT molecular complexity index is 1220. The van der Waals surface area contributed by atoms with E-state index in [4.69, 9.17) is 0 Å². The molecule has 7 heteroatoms. The number of aryl methyl sites for hydroxylation is 1. The molecular weight excluding hydrogens is 396 g/mol. The highest BCUT2D eigenvalue weighted by molar-refractivity contribution is 7.20. The number of hydrogen-bond donors (Lipinski definition) is 2. The molecule has 6 nitrogen and oxygen atoms in total. The summed E-state index contributed by atoms with van der Waals surface area (Å²) in [4.78, 5) is 22.5. The molecular formula is C23H24N4O2S. The van der Waals surface area contributed by atoms with Crippen LogP contribution in [0.5, 0.6) is 5.75 Å². The molecule has 0 aliphatic heterocycles.